The number of amides is 1. The first-order valence-corrected chi connectivity index (χ1v) is 7.23. The van der Waals surface area contributed by atoms with Crippen molar-refractivity contribution in [3.8, 4) is 6.07 Å². The Labute approximate surface area is 109 Å². The van der Waals surface area contributed by atoms with Crippen LogP contribution in [0.15, 0.2) is 0 Å². The number of likely N-dealkylation sites (tertiary alicyclic amines) is 1. The summed E-state index contributed by atoms with van der Waals surface area (Å²) in [5.41, 5.74) is 0. The molecule has 1 saturated carbocycles. The number of nitriles is 1. The highest BCUT2D eigenvalue weighted by Crippen LogP contribution is 2.18. The monoisotopic (exact) mass is 249 g/mol. The van der Waals surface area contributed by atoms with Gasteiger partial charge in [-0.05, 0) is 25.7 Å². The number of carbonyl (C=O) groups is 1. The van der Waals surface area contributed by atoms with Gasteiger partial charge in [0.15, 0.2) is 0 Å². The van der Waals surface area contributed by atoms with Crippen LogP contribution in [-0.2, 0) is 4.79 Å². The van der Waals surface area contributed by atoms with Crippen molar-refractivity contribution in [2.75, 3.05) is 13.1 Å². The molecule has 0 aromatic carbocycles. The Morgan fingerprint density at radius 3 is 2.56 bits per heavy atom. The van der Waals surface area contributed by atoms with Crippen LogP contribution in [0.1, 0.15) is 51.4 Å². The first-order chi connectivity index (χ1) is 8.81. The molecule has 0 radical (unpaired) electrons. The number of hydrogen-bond acceptors (Lipinski definition) is 3. The van der Waals surface area contributed by atoms with Gasteiger partial charge in [0.05, 0.1) is 12.6 Å². The molecule has 1 N–H and O–H groups in total. The van der Waals surface area contributed by atoms with Crippen molar-refractivity contribution in [2.45, 2.75) is 63.5 Å². The lowest BCUT2D eigenvalue weighted by Gasteiger charge is -2.22. The van der Waals surface area contributed by atoms with E-state index >= 15 is 0 Å². The number of rotatable bonds is 3. The fourth-order valence-corrected chi connectivity index (χ4v) is 3.02. The Balaban J connectivity index is 1.75. The van der Waals surface area contributed by atoms with Crippen molar-refractivity contribution in [1.29, 1.82) is 5.26 Å². The molecule has 1 aliphatic carbocycles. The fourth-order valence-electron chi connectivity index (χ4n) is 3.02. The summed E-state index contributed by atoms with van der Waals surface area (Å²) in [6.45, 7) is 1.16. The quantitative estimate of drug-likeness (QED) is 0.776. The Bertz CT molecular complexity index is 315. The molecular formula is C14H23N3O. The van der Waals surface area contributed by atoms with Crippen molar-refractivity contribution in [3.63, 3.8) is 0 Å². The van der Waals surface area contributed by atoms with E-state index in [9.17, 15) is 4.79 Å². The Hall–Kier alpha value is -1.08. The number of nitrogens with one attached hydrogen (secondary N) is 1. The molecule has 100 valence electrons. The minimum Gasteiger partial charge on any atom is -0.326 e. The number of carbonyl (C=O) groups excluding carboxylic acids is 1. The number of hydrogen-bond donors (Lipinski definition) is 1. The van der Waals surface area contributed by atoms with Gasteiger partial charge in [0, 0.05) is 12.6 Å². The topological polar surface area (TPSA) is 56.1 Å². The van der Waals surface area contributed by atoms with E-state index < -0.39 is 0 Å². The van der Waals surface area contributed by atoms with Crippen molar-refractivity contribution in [3.05, 3.63) is 0 Å². The van der Waals surface area contributed by atoms with Gasteiger partial charge in [-0.3, -0.25) is 4.79 Å². The van der Waals surface area contributed by atoms with E-state index in [0.29, 0.717) is 12.6 Å². The van der Waals surface area contributed by atoms with E-state index in [4.69, 9.17) is 5.26 Å². The molecule has 0 unspecified atom stereocenters. The molecule has 4 heteroatoms. The van der Waals surface area contributed by atoms with Crippen LogP contribution in [0.3, 0.4) is 0 Å². The first kappa shape index (κ1) is 13.4. The predicted octanol–water partition coefficient (Wildman–Crippen LogP) is 1.81. The maximum atomic E-state index is 12.1. The second-order valence-corrected chi connectivity index (χ2v) is 5.44. The van der Waals surface area contributed by atoms with Crippen LogP contribution in [-0.4, -0.2) is 36.0 Å². The zero-order valence-corrected chi connectivity index (χ0v) is 11.0. The van der Waals surface area contributed by atoms with E-state index in [-0.39, 0.29) is 11.9 Å². The van der Waals surface area contributed by atoms with Gasteiger partial charge in [0.1, 0.15) is 6.04 Å². The minimum absolute atomic E-state index is 0.100. The maximum Gasteiger partial charge on any atom is 0.237 e. The van der Waals surface area contributed by atoms with Gasteiger partial charge in [-0.2, -0.15) is 5.26 Å². The normalized spacial score (nSPS) is 25.7. The van der Waals surface area contributed by atoms with Crippen LogP contribution in [0.25, 0.3) is 0 Å². The maximum absolute atomic E-state index is 12.1. The third-order valence-corrected chi connectivity index (χ3v) is 4.12. The summed E-state index contributed by atoms with van der Waals surface area (Å²) in [5, 5.41) is 12.4. The molecular weight excluding hydrogens is 226 g/mol. The number of nitrogens with zero attached hydrogens (tertiary/aromatic N) is 2. The minimum atomic E-state index is -0.187. The summed E-state index contributed by atoms with van der Waals surface area (Å²) in [4.78, 5) is 13.8. The van der Waals surface area contributed by atoms with Crippen molar-refractivity contribution in [1.82, 2.24) is 10.2 Å². The van der Waals surface area contributed by atoms with E-state index in [1.807, 2.05) is 0 Å². The zero-order valence-electron chi connectivity index (χ0n) is 11.0. The summed E-state index contributed by atoms with van der Waals surface area (Å²) >= 11 is 0. The van der Waals surface area contributed by atoms with Crippen molar-refractivity contribution >= 4 is 5.91 Å². The van der Waals surface area contributed by atoms with Gasteiger partial charge < -0.3 is 10.2 Å². The summed E-state index contributed by atoms with van der Waals surface area (Å²) < 4.78 is 0. The van der Waals surface area contributed by atoms with Gasteiger partial charge >= 0.3 is 0 Å². The Kier molecular flexibility index (Phi) is 5.00. The van der Waals surface area contributed by atoms with E-state index in [1.54, 1.807) is 4.90 Å². The average Bonchev–Trinajstić information content (AvgIpc) is 2.72. The van der Waals surface area contributed by atoms with Gasteiger partial charge in [0.2, 0.25) is 5.91 Å². The third-order valence-electron chi connectivity index (χ3n) is 4.12. The standard InChI is InChI=1S/C14H23N3O/c15-10-13-8-5-9-17(13)14(18)11-16-12-6-3-1-2-4-7-12/h12-13,16H,1-9,11H2/t13-/m0/s1. The second-order valence-electron chi connectivity index (χ2n) is 5.44. The van der Waals surface area contributed by atoms with Crippen molar-refractivity contribution in [2.24, 2.45) is 0 Å². The third kappa shape index (κ3) is 3.46. The molecule has 1 atom stereocenters. The average molecular weight is 249 g/mol. The molecule has 18 heavy (non-hydrogen) atoms. The van der Waals surface area contributed by atoms with Crippen molar-refractivity contribution < 1.29 is 4.79 Å². The van der Waals surface area contributed by atoms with Gasteiger partial charge in [-0.25, -0.2) is 0 Å². The van der Waals surface area contributed by atoms with E-state index in [0.717, 1.165) is 19.4 Å². The largest absolute Gasteiger partial charge is 0.326 e. The smallest absolute Gasteiger partial charge is 0.237 e. The van der Waals surface area contributed by atoms with E-state index in [2.05, 4.69) is 11.4 Å². The molecule has 1 saturated heterocycles. The van der Waals surface area contributed by atoms with Crippen LogP contribution < -0.4 is 5.32 Å². The zero-order chi connectivity index (χ0) is 12.8. The molecule has 2 fully saturated rings. The Morgan fingerprint density at radius 1 is 1.17 bits per heavy atom. The lowest BCUT2D eigenvalue weighted by molar-refractivity contribution is -0.130. The molecule has 1 amide bonds. The SMILES string of the molecule is N#C[C@@H]1CCCN1C(=O)CNC1CCCCCC1. The molecule has 0 aromatic rings. The molecule has 4 nitrogen and oxygen atoms in total. The van der Waals surface area contributed by atoms with Crippen LogP contribution >= 0.6 is 0 Å². The highest BCUT2D eigenvalue weighted by Gasteiger charge is 2.28. The van der Waals surface area contributed by atoms with Crippen LogP contribution in [0.4, 0.5) is 0 Å². The van der Waals surface area contributed by atoms with Crippen LogP contribution in [0.5, 0.6) is 0 Å². The first-order valence-electron chi connectivity index (χ1n) is 7.23. The molecule has 1 aliphatic heterocycles. The molecule has 2 rings (SSSR count). The van der Waals surface area contributed by atoms with Crippen LogP contribution in [0, 0.1) is 11.3 Å². The van der Waals surface area contributed by atoms with Crippen LogP contribution in [0.2, 0.25) is 0 Å². The predicted molar refractivity (Wildman–Crippen MR) is 69.8 cm³/mol. The summed E-state index contributed by atoms with van der Waals surface area (Å²) in [6.07, 6.45) is 9.39. The molecule has 1 heterocycles. The molecule has 0 aromatic heterocycles. The summed E-state index contributed by atoms with van der Waals surface area (Å²) in [7, 11) is 0. The molecule has 0 bridgehead atoms. The van der Waals surface area contributed by atoms with Gasteiger partial charge in [-0.1, -0.05) is 25.7 Å². The van der Waals surface area contributed by atoms with Gasteiger partial charge in [0.25, 0.3) is 0 Å². The Morgan fingerprint density at radius 2 is 1.89 bits per heavy atom. The molecule has 0 spiro atoms. The lowest BCUT2D eigenvalue weighted by atomic mass is 10.1. The summed E-state index contributed by atoms with van der Waals surface area (Å²) in [6, 6.07) is 2.53. The second kappa shape index (κ2) is 6.75. The fraction of sp³-hybridized carbons (Fsp3) is 0.857. The molecule has 2 aliphatic rings. The highest BCUT2D eigenvalue weighted by atomic mass is 16.2. The van der Waals surface area contributed by atoms with E-state index in [1.165, 1.54) is 38.5 Å². The lowest BCUT2D eigenvalue weighted by Crippen LogP contribution is -2.43. The van der Waals surface area contributed by atoms with Gasteiger partial charge in [-0.15, -0.1) is 0 Å². The summed E-state index contributed by atoms with van der Waals surface area (Å²) in [5.74, 6) is 0.100. The highest BCUT2D eigenvalue weighted by molar-refractivity contribution is 5.79.